The fourth-order valence-corrected chi connectivity index (χ4v) is 4.36. The highest BCUT2D eigenvalue weighted by molar-refractivity contribution is 5.84. The van der Waals surface area contributed by atoms with Crippen LogP contribution in [0.1, 0.15) is 128 Å². The summed E-state index contributed by atoms with van der Waals surface area (Å²) in [6.07, 6.45) is 21.0. The molecule has 0 aliphatic carbocycles. The molecule has 206 valence electrons. The van der Waals surface area contributed by atoms with Crippen molar-refractivity contribution in [2.45, 2.75) is 129 Å². The fraction of sp³-hybridized carbons (Fsp3) is 0.733. The van der Waals surface area contributed by atoms with Gasteiger partial charge in [0, 0.05) is 5.69 Å². The van der Waals surface area contributed by atoms with Crippen molar-refractivity contribution in [3.63, 3.8) is 0 Å². The summed E-state index contributed by atoms with van der Waals surface area (Å²) in [5.74, 6) is 0. The van der Waals surface area contributed by atoms with Crippen molar-refractivity contribution in [1.82, 2.24) is 0 Å². The molecule has 1 aromatic carbocycles. The molecule has 2 N–H and O–H groups in total. The SMILES string of the molecule is CCCCCCCCCCCOC(=O)Nc1cccc(CCCCCCCCCCCOC(=O)O)c1. The van der Waals surface area contributed by atoms with Crippen molar-refractivity contribution < 1.29 is 24.2 Å². The third-order valence-electron chi connectivity index (χ3n) is 6.49. The van der Waals surface area contributed by atoms with Crippen LogP contribution in [0.2, 0.25) is 0 Å². The van der Waals surface area contributed by atoms with Gasteiger partial charge >= 0.3 is 12.2 Å². The Balaban J connectivity index is 2.00. The third-order valence-corrected chi connectivity index (χ3v) is 6.49. The van der Waals surface area contributed by atoms with Crippen LogP contribution in [0, 0.1) is 0 Å². The largest absolute Gasteiger partial charge is 0.505 e. The standard InChI is InChI=1S/C30H51NO5/c1-2-3-4-5-6-9-12-15-18-24-35-29(32)31-28-23-20-22-27(26-28)21-17-14-11-8-7-10-13-16-19-25-36-30(33)34/h20,22-23,26H,2-19,21,24-25H2,1H3,(H,31,32)(H,33,34). The minimum atomic E-state index is -1.18. The number of carbonyl (C=O) groups excluding carboxylic acids is 1. The summed E-state index contributed by atoms with van der Waals surface area (Å²) in [5, 5.41) is 11.3. The average Bonchev–Trinajstić information content (AvgIpc) is 2.86. The minimum absolute atomic E-state index is 0.312. The molecule has 0 saturated heterocycles. The Labute approximate surface area is 219 Å². The number of carboxylic acid groups (broad SMARTS) is 1. The lowest BCUT2D eigenvalue weighted by atomic mass is 10.0. The Morgan fingerprint density at radius 2 is 1.19 bits per heavy atom. The number of ether oxygens (including phenoxy) is 2. The van der Waals surface area contributed by atoms with Crippen molar-refractivity contribution in [3.05, 3.63) is 29.8 Å². The highest BCUT2D eigenvalue weighted by Gasteiger charge is 2.04. The number of hydrogen-bond acceptors (Lipinski definition) is 4. The Morgan fingerprint density at radius 3 is 1.75 bits per heavy atom. The summed E-state index contributed by atoms with van der Waals surface area (Å²) in [6, 6.07) is 8.07. The Bertz CT molecular complexity index is 679. The van der Waals surface area contributed by atoms with Crippen molar-refractivity contribution in [3.8, 4) is 0 Å². The Kier molecular flexibility index (Phi) is 20.5. The normalized spacial score (nSPS) is 10.8. The van der Waals surface area contributed by atoms with Gasteiger partial charge in [-0.3, -0.25) is 5.32 Å². The maximum Gasteiger partial charge on any atom is 0.505 e. The molecule has 6 heteroatoms. The van der Waals surface area contributed by atoms with E-state index in [1.165, 1.54) is 82.6 Å². The second-order valence-electron chi connectivity index (χ2n) is 9.84. The number of benzene rings is 1. The lowest BCUT2D eigenvalue weighted by Crippen LogP contribution is -2.14. The number of nitrogens with one attached hydrogen (secondary N) is 1. The molecule has 0 atom stereocenters. The smallest absolute Gasteiger partial charge is 0.450 e. The first-order valence-electron chi connectivity index (χ1n) is 14.5. The zero-order chi connectivity index (χ0) is 26.1. The average molecular weight is 506 g/mol. The number of rotatable bonds is 23. The predicted molar refractivity (Wildman–Crippen MR) is 148 cm³/mol. The molecule has 0 aromatic heterocycles. The number of amides is 1. The van der Waals surface area contributed by atoms with E-state index in [2.05, 4.69) is 23.0 Å². The molecular weight excluding hydrogens is 454 g/mol. The van der Waals surface area contributed by atoms with Gasteiger partial charge in [-0.25, -0.2) is 9.59 Å². The molecule has 0 bridgehead atoms. The molecule has 0 fully saturated rings. The van der Waals surface area contributed by atoms with Crippen molar-refractivity contribution in [2.24, 2.45) is 0 Å². The quantitative estimate of drug-likeness (QED) is 0.114. The first-order chi connectivity index (χ1) is 17.6. The molecule has 0 radical (unpaired) electrons. The molecule has 1 aromatic rings. The number of hydrogen-bond donors (Lipinski definition) is 2. The lowest BCUT2D eigenvalue weighted by Gasteiger charge is -2.09. The molecule has 1 rings (SSSR count). The summed E-state index contributed by atoms with van der Waals surface area (Å²) in [6.45, 7) is 3.04. The first kappa shape index (κ1) is 31.8. The monoisotopic (exact) mass is 505 g/mol. The molecule has 0 aliphatic heterocycles. The van der Waals surface area contributed by atoms with E-state index < -0.39 is 6.16 Å². The Morgan fingerprint density at radius 1 is 0.694 bits per heavy atom. The van der Waals surface area contributed by atoms with E-state index in [4.69, 9.17) is 9.84 Å². The zero-order valence-electron chi connectivity index (χ0n) is 22.7. The minimum Gasteiger partial charge on any atom is -0.450 e. The van der Waals surface area contributed by atoms with Crippen LogP contribution in [-0.4, -0.2) is 30.6 Å². The van der Waals surface area contributed by atoms with E-state index in [1.54, 1.807) is 0 Å². The van der Waals surface area contributed by atoms with Gasteiger partial charge in [-0.15, -0.1) is 0 Å². The molecule has 6 nitrogen and oxygen atoms in total. The van der Waals surface area contributed by atoms with E-state index >= 15 is 0 Å². The Hall–Kier alpha value is -2.24. The molecular formula is C30H51NO5. The van der Waals surface area contributed by atoms with Gasteiger partial charge in [0.2, 0.25) is 0 Å². The lowest BCUT2D eigenvalue weighted by molar-refractivity contribution is 0.0899. The van der Waals surface area contributed by atoms with Crippen LogP contribution < -0.4 is 5.32 Å². The van der Waals surface area contributed by atoms with Crippen LogP contribution in [0.5, 0.6) is 0 Å². The van der Waals surface area contributed by atoms with E-state index in [0.717, 1.165) is 50.6 Å². The van der Waals surface area contributed by atoms with Crippen molar-refractivity contribution >= 4 is 17.9 Å². The summed E-state index contributed by atoms with van der Waals surface area (Å²) in [4.78, 5) is 22.3. The van der Waals surface area contributed by atoms with Crippen molar-refractivity contribution in [2.75, 3.05) is 18.5 Å². The summed E-state index contributed by atoms with van der Waals surface area (Å²) in [7, 11) is 0. The maximum atomic E-state index is 12.1. The summed E-state index contributed by atoms with van der Waals surface area (Å²) < 4.78 is 9.86. The number of carbonyl (C=O) groups is 2. The number of aryl methyl sites for hydroxylation is 1. The molecule has 36 heavy (non-hydrogen) atoms. The summed E-state index contributed by atoms with van der Waals surface area (Å²) >= 11 is 0. The topological polar surface area (TPSA) is 84.9 Å². The van der Waals surface area contributed by atoms with Crippen LogP contribution >= 0.6 is 0 Å². The van der Waals surface area contributed by atoms with E-state index in [-0.39, 0.29) is 6.09 Å². The number of anilines is 1. The molecule has 0 heterocycles. The first-order valence-corrected chi connectivity index (χ1v) is 14.5. The van der Waals surface area contributed by atoms with Crippen LogP contribution in [0.4, 0.5) is 15.3 Å². The molecule has 0 aliphatic rings. The predicted octanol–water partition coefficient (Wildman–Crippen LogP) is 9.51. The fourth-order valence-electron chi connectivity index (χ4n) is 4.36. The highest BCUT2D eigenvalue weighted by Crippen LogP contribution is 2.16. The van der Waals surface area contributed by atoms with Crippen LogP contribution in [-0.2, 0) is 15.9 Å². The second kappa shape index (κ2) is 23.2. The van der Waals surface area contributed by atoms with Crippen molar-refractivity contribution in [1.29, 1.82) is 0 Å². The molecule has 0 unspecified atom stereocenters. The van der Waals surface area contributed by atoms with Gasteiger partial charge in [-0.1, -0.05) is 115 Å². The molecule has 0 spiro atoms. The van der Waals surface area contributed by atoms with Gasteiger partial charge in [0.05, 0.1) is 13.2 Å². The van der Waals surface area contributed by atoms with Crippen LogP contribution in [0.25, 0.3) is 0 Å². The third kappa shape index (κ3) is 20.0. The summed E-state index contributed by atoms with van der Waals surface area (Å²) in [5.41, 5.74) is 2.05. The van der Waals surface area contributed by atoms with Gasteiger partial charge in [0.25, 0.3) is 0 Å². The van der Waals surface area contributed by atoms with Gasteiger partial charge in [0.15, 0.2) is 0 Å². The van der Waals surface area contributed by atoms with Crippen LogP contribution in [0.15, 0.2) is 24.3 Å². The van der Waals surface area contributed by atoms with E-state index in [1.807, 2.05) is 18.2 Å². The number of unbranched alkanes of at least 4 members (excludes halogenated alkanes) is 16. The van der Waals surface area contributed by atoms with E-state index in [9.17, 15) is 9.59 Å². The van der Waals surface area contributed by atoms with Gasteiger partial charge in [-0.05, 0) is 43.4 Å². The van der Waals surface area contributed by atoms with E-state index in [0.29, 0.717) is 13.2 Å². The van der Waals surface area contributed by atoms with Gasteiger partial charge in [0.1, 0.15) is 0 Å². The second-order valence-corrected chi connectivity index (χ2v) is 9.84. The maximum absolute atomic E-state index is 12.1. The van der Waals surface area contributed by atoms with Gasteiger partial charge < -0.3 is 14.6 Å². The molecule has 1 amide bonds. The van der Waals surface area contributed by atoms with Gasteiger partial charge in [-0.2, -0.15) is 0 Å². The van der Waals surface area contributed by atoms with Crippen LogP contribution in [0.3, 0.4) is 0 Å². The zero-order valence-corrected chi connectivity index (χ0v) is 22.7. The molecule has 0 saturated carbocycles. The highest BCUT2D eigenvalue weighted by atomic mass is 16.7.